The second-order valence-electron chi connectivity index (χ2n) is 7.72. The minimum atomic E-state index is -3.50. The van der Waals surface area contributed by atoms with Crippen LogP contribution in [0.2, 0.25) is 0 Å². The summed E-state index contributed by atoms with van der Waals surface area (Å²) in [6.45, 7) is 0. The zero-order valence-corrected chi connectivity index (χ0v) is 38.1. The smallest absolute Gasteiger partial charge is 0.353 e. The topological polar surface area (TPSA) is 9.23 Å². The number of halogens is 12. The third-order valence-electron chi connectivity index (χ3n) is 5.30. The van der Waals surface area contributed by atoms with Crippen molar-refractivity contribution in [1.82, 2.24) is 0 Å². The first-order chi connectivity index (χ1) is 17.8. The SMILES string of the molecule is Brc1cc(Br)c(O[Si](c2c(Br)cc(Br)cc2Br)(c2c(Br)cc(Br)cc2Br)c2c(Br)cc(Br)cc2Br)c(Br)c1. The summed E-state index contributed by atoms with van der Waals surface area (Å²) in [6.07, 6.45) is 0. The van der Waals surface area contributed by atoms with Crippen LogP contribution in [0.3, 0.4) is 0 Å². The molecule has 14 heteroatoms. The number of rotatable bonds is 5. The molecule has 0 spiro atoms. The van der Waals surface area contributed by atoms with Crippen LogP contribution in [0.1, 0.15) is 0 Å². The van der Waals surface area contributed by atoms with E-state index in [4.69, 9.17) is 4.43 Å². The van der Waals surface area contributed by atoms with Crippen LogP contribution >= 0.6 is 191 Å². The summed E-state index contributed by atoms with van der Waals surface area (Å²) in [5.74, 6) is 0.671. The van der Waals surface area contributed by atoms with Crippen LogP contribution in [0.5, 0.6) is 5.75 Å². The molecule has 0 radical (unpaired) electrons. The van der Waals surface area contributed by atoms with Crippen molar-refractivity contribution < 1.29 is 4.43 Å². The highest BCUT2D eigenvalue weighted by Gasteiger charge is 2.52. The predicted octanol–water partition coefficient (Wildman–Crippen LogP) is 12.9. The van der Waals surface area contributed by atoms with E-state index in [-0.39, 0.29) is 0 Å². The molecule has 0 aliphatic heterocycles. The van der Waals surface area contributed by atoms with Crippen LogP contribution in [-0.4, -0.2) is 8.32 Å². The van der Waals surface area contributed by atoms with E-state index in [0.717, 1.165) is 69.2 Å². The zero-order valence-electron chi connectivity index (χ0n) is 18.1. The Morgan fingerprint density at radius 3 is 0.789 bits per heavy atom. The van der Waals surface area contributed by atoms with Gasteiger partial charge in [-0.25, -0.2) is 0 Å². The average Bonchev–Trinajstić information content (AvgIpc) is 2.73. The van der Waals surface area contributed by atoms with Gasteiger partial charge in [0.2, 0.25) is 0 Å². The van der Waals surface area contributed by atoms with Crippen molar-refractivity contribution in [3.8, 4) is 5.75 Å². The standard InChI is InChI=1S/C24H8Br12OSi/c25-9-1-13(29)21(14(30)2-9)37-38(22-15(31)3-10(26)4-16(22)32,23-17(33)5-11(27)6-18(23)34)24-19(35)7-12(28)8-20(24)36/h1-8H. The molecule has 38 heavy (non-hydrogen) atoms. The second kappa shape index (κ2) is 13.7. The molecule has 1 nitrogen and oxygen atoms in total. The van der Waals surface area contributed by atoms with Gasteiger partial charge in [0.15, 0.2) is 0 Å². The lowest BCUT2D eigenvalue weighted by Gasteiger charge is -2.38. The van der Waals surface area contributed by atoms with Gasteiger partial charge in [-0.1, -0.05) is 159 Å². The summed E-state index contributed by atoms with van der Waals surface area (Å²) >= 11 is 45.5. The first kappa shape index (κ1) is 33.5. The molecule has 4 aromatic rings. The van der Waals surface area contributed by atoms with Crippen LogP contribution in [0.15, 0.2) is 102 Å². The fourth-order valence-corrected chi connectivity index (χ4v) is 22.5. The maximum Gasteiger partial charge on any atom is 0.353 e. The molecule has 0 aromatic heterocycles. The van der Waals surface area contributed by atoms with Crippen molar-refractivity contribution in [2.75, 3.05) is 0 Å². The van der Waals surface area contributed by atoms with Crippen LogP contribution in [0, 0.1) is 0 Å². The first-order valence-electron chi connectivity index (χ1n) is 10.0. The Balaban J connectivity index is 2.32. The van der Waals surface area contributed by atoms with Gasteiger partial charge in [0.25, 0.3) is 0 Å². The lowest BCUT2D eigenvalue weighted by molar-refractivity contribution is 0.568. The molecule has 0 N–H and O–H groups in total. The molecule has 0 fully saturated rings. The Morgan fingerprint density at radius 2 is 0.553 bits per heavy atom. The molecule has 0 amide bonds. The molecule has 0 bridgehead atoms. The Morgan fingerprint density at radius 1 is 0.342 bits per heavy atom. The highest BCUT2D eigenvalue weighted by atomic mass is 79.9. The molecule has 198 valence electrons. The zero-order chi connectivity index (χ0) is 28.1. The Kier molecular flexibility index (Phi) is 12.1. The van der Waals surface area contributed by atoms with E-state index in [1.807, 2.05) is 48.5 Å². The lowest BCUT2D eigenvalue weighted by atomic mass is 10.3. The monoisotopic (exact) mass is 1290 g/mol. The summed E-state index contributed by atoms with van der Waals surface area (Å²) in [5.41, 5.74) is 0. The van der Waals surface area contributed by atoms with E-state index in [2.05, 4.69) is 191 Å². The van der Waals surface area contributed by atoms with E-state index >= 15 is 0 Å². The van der Waals surface area contributed by atoms with Gasteiger partial charge in [0.1, 0.15) is 5.75 Å². The number of hydrogen-bond acceptors (Lipinski definition) is 1. The van der Waals surface area contributed by atoms with E-state index < -0.39 is 8.32 Å². The lowest BCUT2D eigenvalue weighted by Crippen LogP contribution is -2.73. The number of hydrogen-bond donors (Lipinski definition) is 0. The van der Waals surface area contributed by atoms with E-state index in [1.165, 1.54) is 0 Å². The minimum absolute atomic E-state index is 0.671. The highest BCUT2D eigenvalue weighted by Crippen LogP contribution is 2.41. The van der Waals surface area contributed by atoms with Crippen LogP contribution in [-0.2, 0) is 0 Å². The van der Waals surface area contributed by atoms with Crippen LogP contribution in [0.4, 0.5) is 0 Å². The molecule has 0 saturated heterocycles. The molecule has 0 unspecified atom stereocenters. The molecule has 0 aliphatic carbocycles. The quantitative estimate of drug-likeness (QED) is 0.143. The second-order valence-corrected chi connectivity index (χ2v) is 21.3. The van der Waals surface area contributed by atoms with Gasteiger partial charge < -0.3 is 4.43 Å². The third-order valence-corrected chi connectivity index (χ3v) is 18.5. The van der Waals surface area contributed by atoms with Gasteiger partial charge in [0, 0.05) is 60.3 Å². The van der Waals surface area contributed by atoms with E-state index in [9.17, 15) is 0 Å². The summed E-state index contributed by atoms with van der Waals surface area (Å²) in [7, 11) is -3.50. The fraction of sp³-hybridized carbons (Fsp3) is 0. The van der Waals surface area contributed by atoms with Crippen LogP contribution in [0.25, 0.3) is 0 Å². The number of benzene rings is 4. The molecule has 0 heterocycles. The maximum absolute atomic E-state index is 7.48. The fourth-order valence-electron chi connectivity index (χ4n) is 3.94. The molecule has 0 aliphatic rings. The average molecular weight is 1300 g/mol. The molecule has 0 atom stereocenters. The van der Waals surface area contributed by atoms with Crippen molar-refractivity contribution in [1.29, 1.82) is 0 Å². The highest BCUT2D eigenvalue weighted by molar-refractivity contribution is 9.13. The Hall–Kier alpha value is 2.66. The molecular formula is C24H8Br12OSi. The van der Waals surface area contributed by atoms with Gasteiger partial charge in [-0.3, -0.25) is 0 Å². The predicted molar refractivity (Wildman–Crippen MR) is 203 cm³/mol. The molecular weight excluding hydrogens is 1290 g/mol. The Labute approximate surface area is 322 Å². The molecule has 4 aromatic carbocycles. The van der Waals surface area contributed by atoms with Gasteiger partial charge >= 0.3 is 8.32 Å². The third kappa shape index (κ3) is 6.82. The Bertz CT molecular complexity index is 1360. The van der Waals surface area contributed by atoms with E-state index in [0.29, 0.717) is 5.75 Å². The van der Waals surface area contributed by atoms with Crippen molar-refractivity contribution in [2.24, 2.45) is 0 Å². The van der Waals surface area contributed by atoms with E-state index in [1.54, 1.807) is 0 Å². The summed E-state index contributed by atoms with van der Waals surface area (Å²) in [4.78, 5) is 0. The largest absolute Gasteiger partial charge is 0.528 e. The van der Waals surface area contributed by atoms with Crippen LogP contribution < -0.4 is 20.0 Å². The van der Waals surface area contributed by atoms with Gasteiger partial charge in [0.05, 0.1) is 8.95 Å². The summed E-state index contributed by atoms with van der Waals surface area (Å²) in [5, 5.41) is 2.94. The van der Waals surface area contributed by atoms with Crippen molar-refractivity contribution in [3.05, 3.63) is 102 Å². The molecule has 4 rings (SSSR count). The summed E-state index contributed by atoms with van der Waals surface area (Å²) < 4.78 is 18.1. The first-order valence-corrected chi connectivity index (χ1v) is 21.5. The normalized spacial score (nSPS) is 11.7. The maximum atomic E-state index is 7.48. The van der Waals surface area contributed by atoms with Crippen molar-refractivity contribution in [3.63, 3.8) is 0 Å². The molecule has 0 saturated carbocycles. The van der Waals surface area contributed by atoms with Gasteiger partial charge in [-0.15, -0.1) is 0 Å². The summed E-state index contributed by atoms with van der Waals surface area (Å²) in [6, 6.07) is 16.2. The van der Waals surface area contributed by atoms with Crippen molar-refractivity contribution in [2.45, 2.75) is 0 Å². The van der Waals surface area contributed by atoms with Gasteiger partial charge in [-0.2, -0.15) is 0 Å². The van der Waals surface area contributed by atoms with Crippen molar-refractivity contribution >= 4 is 215 Å². The van der Waals surface area contributed by atoms with Gasteiger partial charge in [-0.05, 0) is 80.4 Å². The minimum Gasteiger partial charge on any atom is -0.528 e.